The third-order valence-electron chi connectivity index (χ3n) is 6.01. The summed E-state index contributed by atoms with van der Waals surface area (Å²) in [5, 5.41) is 2.95. The van der Waals surface area contributed by atoms with Crippen LogP contribution in [0.3, 0.4) is 0 Å². The molecule has 142 valence electrons. The van der Waals surface area contributed by atoms with E-state index >= 15 is 0 Å². The molecule has 1 N–H and O–H groups in total. The fourth-order valence-electron chi connectivity index (χ4n) is 4.23. The zero-order chi connectivity index (χ0) is 18.6. The highest BCUT2D eigenvalue weighted by Gasteiger charge is 2.48. The Bertz CT molecular complexity index is 738. The predicted octanol–water partition coefficient (Wildman–Crippen LogP) is 2.21. The van der Waals surface area contributed by atoms with Gasteiger partial charge < -0.3 is 10.2 Å². The summed E-state index contributed by atoms with van der Waals surface area (Å²) in [7, 11) is 0. The molecule has 1 aromatic heterocycles. The first-order valence-electron chi connectivity index (χ1n) is 9.88. The summed E-state index contributed by atoms with van der Waals surface area (Å²) in [6.45, 7) is 2.24. The van der Waals surface area contributed by atoms with Gasteiger partial charge in [-0.1, -0.05) is 24.3 Å². The average Bonchev–Trinajstić information content (AvgIpc) is 3.54. The molecule has 1 saturated heterocycles. The molecule has 6 heteroatoms. The third-order valence-corrected chi connectivity index (χ3v) is 6.01. The van der Waals surface area contributed by atoms with Gasteiger partial charge in [0.2, 0.25) is 5.91 Å². The van der Waals surface area contributed by atoms with E-state index in [4.69, 9.17) is 0 Å². The molecule has 1 saturated carbocycles. The molecule has 1 aromatic rings. The van der Waals surface area contributed by atoms with Crippen LogP contribution in [0, 0.1) is 23.7 Å². The highest BCUT2D eigenvalue weighted by molar-refractivity contribution is 5.92. The Kier molecular flexibility index (Phi) is 5.32. The number of hydrogen-bond acceptors (Lipinski definition) is 4. The van der Waals surface area contributed by atoms with Gasteiger partial charge in [-0.2, -0.15) is 0 Å². The number of nitrogens with one attached hydrogen (secondary N) is 1. The standard InChI is InChI=1S/C21H26N4O2/c26-20(19-6-9-22-14-24-19)23-13-15-7-10-25(11-8-15)21(27)18-12-17(18)16-4-2-1-3-5-16/h1-4,6,9,14-18H,5,7-8,10-13H2,(H,23,26)/t16?,17-,18?/m1/s1. The van der Waals surface area contributed by atoms with Crippen LogP contribution in [0.25, 0.3) is 0 Å². The molecule has 2 amide bonds. The SMILES string of the molecule is O=C(NCC1CCN(C(=O)C2C[C@@H]2C2C=CC=CC2)CC1)c1ccncn1. The lowest BCUT2D eigenvalue weighted by molar-refractivity contribution is -0.134. The lowest BCUT2D eigenvalue weighted by Gasteiger charge is -2.32. The van der Waals surface area contributed by atoms with Gasteiger partial charge in [-0.3, -0.25) is 9.59 Å². The van der Waals surface area contributed by atoms with E-state index in [1.807, 2.05) is 4.90 Å². The first kappa shape index (κ1) is 17.9. The van der Waals surface area contributed by atoms with E-state index in [-0.39, 0.29) is 11.8 Å². The van der Waals surface area contributed by atoms with Gasteiger partial charge in [0.25, 0.3) is 5.91 Å². The normalized spacial score (nSPS) is 27.4. The average molecular weight is 366 g/mol. The molecule has 0 radical (unpaired) electrons. The number of aromatic nitrogens is 2. The van der Waals surface area contributed by atoms with E-state index in [9.17, 15) is 9.59 Å². The first-order valence-corrected chi connectivity index (χ1v) is 9.88. The van der Waals surface area contributed by atoms with Gasteiger partial charge >= 0.3 is 0 Å². The van der Waals surface area contributed by atoms with Crippen molar-refractivity contribution in [2.24, 2.45) is 23.7 Å². The van der Waals surface area contributed by atoms with Gasteiger partial charge in [0.1, 0.15) is 12.0 Å². The Balaban J connectivity index is 1.19. The van der Waals surface area contributed by atoms with Gasteiger partial charge in [-0.05, 0) is 49.5 Å². The molecule has 4 rings (SSSR count). The smallest absolute Gasteiger partial charge is 0.270 e. The maximum absolute atomic E-state index is 12.8. The lowest BCUT2D eigenvalue weighted by Crippen LogP contribution is -2.42. The number of piperidine rings is 1. The second-order valence-corrected chi connectivity index (χ2v) is 7.79. The van der Waals surface area contributed by atoms with Crippen molar-refractivity contribution in [3.8, 4) is 0 Å². The number of carbonyl (C=O) groups is 2. The number of allylic oxidation sites excluding steroid dienone is 4. The quantitative estimate of drug-likeness (QED) is 0.867. The highest BCUT2D eigenvalue weighted by atomic mass is 16.2. The topological polar surface area (TPSA) is 75.2 Å². The molecule has 0 spiro atoms. The second-order valence-electron chi connectivity index (χ2n) is 7.79. The third kappa shape index (κ3) is 4.26. The van der Waals surface area contributed by atoms with Crippen LogP contribution >= 0.6 is 0 Å². The van der Waals surface area contributed by atoms with Crippen molar-refractivity contribution >= 4 is 11.8 Å². The van der Waals surface area contributed by atoms with E-state index in [2.05, 4.69) is 39.6 Å². The van der Waals surface area contributed by atoms with E-state index < -0.39 is 0 Å². The number of hydrogen-bond donors (Lipinski definition) is 1. The van der Waals surface area contributed by atoms with Crippen LogP contribution in [0.15, 0.2) is 42.9 Å². The summed E-state index contributed by atoms with van der Waals surface area (Å²) in [6, 6.07) is 1.61. The summed E-state index contributed by atoms with van der Waals surface area (Å²) in [5.41, 5.74) is 0.393. The number of rotatable bonds is 5. The molecule has 0 aromatic carbocycles. The van der Waals surface area contributed by atoms with Gasteiger partial charge in [-0.25, -0.2) is 9.97 Å². The lowest BCUT2D eigenvalue weighted by atomic mass is 9.93. The number of carbonyl (C=O) groups excluding carboxylic acids is 2. The van der Waals surface area contributed by atoms with Crippen molar-refractivity contribution < 1.29 is 9.59 Å². The molecule has 0 bridgehead atoms. The summed E-state index contributed by atoms with van der Waals surface area (Å²) in [4.78, 5) is 34.7. The summed E-state index contributed by atoms with van der Waals surface area (Å²) in [6.07, 6.45) is 15.6. The highest BCUT2D eigenvalue weighted by Crippen LogP contribution is 2.48. The van der Waals surface area contributed by atoms with Crippen LogP contribution in [0.4, 0.5) is 0 Å². The predicted molar refractivity (Wildman–Crippen MR) is 102 cm³/mol. The van der Waals surface area contributed by atoms with Crippen LogP contribution in [-0.4, -0.2) is 46.3 Å². The van der Waals surface area contributed by atoms with Gasteiger partial charge in [0.05, 0.1) is 0 Å². The van der Waals surface area contributed by atoms with E-state index in [1.165, 1.54) is 6.33 Å². The van der Waals surface area contributed by atoms with Crippen LogP contribution in [0.1, 0.15) is 36.2 Å². The molecule has 2 aliphatic carbocycles. The van der Waals surface area contributed by atoms with E-state index in [0.717, 1.165) is 38.8 Å². The molecule has 2 unspecified atom stereocenters. The molecule has 1 aliphatic heterocycles. The maximum Gasteiger partial charge on any atom is 0.270 e. The number of nitrogens with zero attached hydrogens (tertiary/aromatic N) is 3. The zero-order valence-electron chi connectivity index (χ0n) is 15.5. The van der Waals surface area contributed by atoms with Gasteiger partial charge in [-0.15, -0.1) is 0 Å². The molecule has 6 nitrogen and oxygen atoms in total. The fraction of sp³-hybridized carbons (Fsp3) is 0.524. The summed E-state index contributed by atoms with van der Waals surface area (Å²) in [5.74, 6) is 1.89. The number of likely N-dealkylation sites (tertiary alicyclic amines) is 1. The van der Waals surface area contributed by atoms with Crippen molar-refractivity contribution in [2.45, 2.75) is 25.7 Å². The Labute approximate surface area is 159 Å². The molecule has 3 atom stereocenters. The van der Waals surface area contributed by atoms with Crippen molar-refractivity contribution in [1.29, 1.82) is 0 Å². The summed E-state index contributed by atoms with van der Waals surface area (Å²) < 4.78 is 0. The Morgan fingerprint density at radius 1 is 1.22 bits per heavy atom. The maximum atomic E-state index is 12.8. The minimum absolute atomic E-state index is 0.161. The first-order chi connectivity index (χ1) is 13.2. The monoisotopic (exact) mass is 366 g/mol. The fourth-order valence-corrected chi connectivity index (χ4v) is 4.23. The molecule has 3 aliphatic rings. The molecular formula is C21H26N4O2. The minimum Gasteiger partial charge on any atom is -0.350 e. The molecule has 2 fully saturated rings. The van der Waals surface area contributed by atoms with Crippen molar-refractivity contribution in [3.05, 3.63) is 48.6 Å². The van der Waals surface area contributed by atoms with Crippen LogP contribution in [0.5, 0.6) is 0 Å². The van der Waals surface area contributed by atoms with Gasteiger partial charge in [0, 0.05) is 31.7 Å². The van der Waals surface area contributed by atoms with Crippen molar-refractivity contribution in [3.63, 3.8) is 0 Å². The van der Waals surface area contributed by atoms with Gasteiger partial charge in [0.15, 0.2) is 0 Å². The molecule has 2 heterocycles. The summed E-state index contributed by atoms with van der Waals surface area (Å²) >= 11 is 0. The largest absolute Gasteiger partial charge is 0.350 e. The van der Waals surface area contributed by atoms with E-state index in [1.54, 1.807) is 12.3 Å². The van der Waals surface area contributed by atoms with Crippen molar-refractivity contribution in [2.75, 3.05) is 19.6 Å². The van der Waals surface area contributed by atoms with Crippen LogP contribution < -0.4 is 5.32 Å². The second kappa shape index (κ2) is 8.03. The Morgan fingerprint density at radius 3 is 2.78 bits per heavy atom. The zero-order valence-corrected chi connectivity index (χ0v) is 15.5. The number of amides is 2. The minimum atomic E-state index is -0.161. The Morgan fingerprint density at radius 2 is 2.07 bits per heavy atom. The molecule has 27 heavy (non-hydrogen) atoms. The Hall–Kier alpha value is -2.50. The molecular weight excluding hydrogens is 340 g/mol. The van der Waals surface area contributed by atoms with E-state index in [0.29, 0.717) is 35.9 Å². The van der Waals surface area contributed by atoms with Crippen molar-refractivity contribution in [1.82, 2.24) is 20.2 Å². The van der Waals surface area contributed by atoms with Crippen LogP contribution in [-0.2, 0) is 4.79 Å². The van der Waals surface area contributed by atoms with Crippen LogP contribution in [0.2, 0.25) is 0 Å².